The molecule has 1 aromatic heterocycles. The Morgan fingerprint density at radius 1 is 1.04 bits per heavy atom. The molecular weight excluding hydrogens is 314 g/mol. The molecule has 0 aliphatic rings. The Morgan fingerprint density at radius 2 is 1.76 bits per heavy atom. The Bertz CT molecular complexity index is 973. The topological polar surface area (TPSA) is 81.0 Å². The number of rotatable bonds is 6. The van der Waals surface area contributed by atoms with Crippen LogP contribution < -0.4 is 0 Å². The molecule has 5 heteroatoms. The van der Waals surface area contributed by atoms with Crippen LogP contribution in [0, 0.1) is 22.7 Å². The lowest BCUT2D eigenvalue weighted by atomic mass is 10.0. The minimum absolute atomic E-state index is 0.0962. The average molecular weight is 331 g/mol. The predicted molar refractivity (Wildman–Crippen MR) is 94.5 cm³/mol. The third-order valence-electron chi connectivity index (χ3n) is 4.22. The van der Waals surface area contributed by atoms with Crippen LogP contribution in [0.2, 0.25) is 0 Å². The SMILES string of the molecule is N#CCCN(CCC#N)C(=O)Cc1coc2ccc3ccccc3c12. The Balaban J connectivity index is 1.91. The van der Waals surface area contributed by atoms with Gasteiger partial charge in [-0.3, -0.25) is 4.79 Å². The highest BCUT2D eigenvalue weighted by Gasteiger charge is 2.17. The molecule has 124 valence electrons. The van der Waals surface area contributed by atoms with Crippen molar-refractivity contribution in [3.8, 4) is 12.1 Å². The van der Waals surface area contributed by atoms with Gasteiger partial charge < -0.3 is 9.32 Å². The van der Waals surface area contributed by atoms with Crippen molar-refractivity contribution in [1.82, 2.24) is 4.90 Å². The number of hydrogen-bond acceptors (Lipinski definition) is 4. The van der Waals surface area contributed by atoms with Crippen molar-refractivity contribution in [3.05, 3.63) is 48.2 Å². The average Bonchev–Trinajstić information content (AvgIpc) is 3.05. The van der Waals surface area contributed by atoms with Gasteiger partial charge in [0.25, 0.3) is 0 Å². The Hall–Kier alpha value is -3.31. The Labute approximate surface area is 145 Å². The number of carbonyl (C=O) groups excluding carboxylic acids is 1. The van der Waals surface area contributed by atoms with Gasteiger partial charge in [0.1, 0.15) is 5.58 Å². The zero-order chi connectivity index (χ0) is 17.6. The second kappa shape index (κ2) is 7.51. The number of hydrogen-bond donors (Lipinski definition) is 0. The molecule has 0 radical (unpaired) electrons. The van der Waals surface area contributed by atoms with Crippen LogP contribution in [0.5, 0.6) is 0 Å². The Kier molecular flexibility index (Phi) is 4.97. The zero-order valence-electron chi connectivity index (χ0n) is 13.7. The first kappa shape index (κ1) is 16.5. The van der Waals surface area contributed by atoms with E-state index in [1.165, 1.54) is 0 Å². The third kappa shape index (κ3) is 3.46. The maximum Gasteiger partial charge on any atom is 0.227 e. The van der Waals surface area contributed by atoms with E-state index < -0.39 is 0 Å². The minimum atomic E-state index is -0.0962. The first-order valence-corrected chi connectivity index (χ1v) is 8.14. The van der Waals surface area contributed by atoms with Crippen LogP contribution in [0.15, 0.2) is 47.1 Å². The van der Waals surface area contributed by atoms with Gasteiger partial charge in [0.15, 0.2) is 0 Å². The number of benzene rings is 2. The van der Waals surface area contributed by atoms with Crippen molar-refractivity contribution in [3.63, 3.8) is 0 Å². The number of amides is 1. The smallest absolute Gasteiger partial charge is 0.227 e. The van der Waals surface area contributed by atoms with Crippen molar-refractivity contribution >= 4 is 27.6 Å². The fourth-order valence-corrected chi connectivity index (χ4v) is 3.01. The molecule has 0 unspecified atom stereocenters. The summed E-state index contributed by atoms with van der Waals surface area (Å²) in [6, 6.07) is 16.0. The van der Waals surface area contributed by atoms with Gasteiger partial charge in [0.05, 0.1) is 37.7 Å². The van der Waals surface area contributed by atoms with E-state index in [1.807, 2.05) is 48.5 Å². The van der Waals surface area contributed by atoms with Gasteiger partial charge in [-0.2, -0.15) is 10.5 Å². The molecule has 1 heterocycles. The third-order valence-corrected chi connectivity index (χ3v) is 4.22. The molecule has 3 aromatic rings. The molecule has 0 aliphatic carbocycles. The van der Waals surface area contributed by atoms with Crippen LogP contribution in [0.3, 0.4) is 0 Å². The second-order valence-corrected chi connectivity index (χ2v) is 5.79. The summed E-state index contributed by atoms with van der Waals surface area (Å²) in [5.74, 6) is -0.0962. The maximum atomic E-state index is 12.7. The monoisotopic (exact) mass is 331 g/mol. The molecule has 0 fully saturated rings. The van der Waals surface area contributed by atoms with E-state index in [1.54, 1.807) is 11.2 Å². The minimum Gasteiger partial charge on any atom is -0.464 e. The van der Waals surface area contributed by atoms with Gasteiger partial charge in [-0.15, -0.1) is 0 Å². The molecule has 5 nitrogen and oxygen atoms in total. The summed E-state index contributed by atoms with van der Waals surface area (Å²) in [6.07, 6.45) is 2.33. The molecule has 2 aromatic carbocycles. The van der Waals surface area contributed by atoms with Crippen LogP contribution >= 0.6 is 0 Å². The van der Waals surface area contributed by atoms with Gasteiger partial charge in [-0.1, -0.05) is 30.3 Å². The molecule has 0 spiro atoms. The quantitative estimate of drug-likeness (QED) is 0.688. The summed E-state index contributed by atoms with van der Waals surface area (Å²) in [6.45, 7) is 0.682. The van der Waals surface area contributed by atoms with E-state index in [4.69, 9.17) is 14.9 Å². The van der Waals surface area contributed by atoms with E-state index in [9.17, 15) is 4.79 Å². The highest BCUT2D eigenvalue weighted by atomic mass is 16.3. The summed E-state index contributed by atoms with van der Waals surface area (Å²) >= 11 is 0. The van der Waals surface area contributed by atoms with E-state index in [-0.39, 0.29) is 25.2 Å². The van der Waals surface area contributed by atoms with Crippen molar-refractivity contribution in [2.45, 2.75) is 19.3 Å². The lowest BCUT2D eigenvalue weighted by Crippen LogP contribution is -2.33. The summed E-state index contributed by atoms with van der Waals surface area (Å²) in [7, 11) is 0. The normalized spacial score (nSPS) is 10.5. The molecule has 0 saturated carbocycles. The number of furan rings is 1. The van der Waals surface area contributed by atoms with Gasteiger partial charge in [-0.25, -0.2) is 0 Å². The summed E-state index contributed by atoms with van der Waals surface area (Å²) in [5, 5.41) is 20.6. The molecule has 0 saturated heterocycles. The molecular formula is C20H17N3O2. The first-order valence-electron chi connectivity index (χ1n) is 8.14. The first-order chi connectivity index (χ1) is 12.2. The van der Waals surface area contributed by atoms with Gasteiger partial charge in [0.2, 0.25) is 5.91 Å². The highest BCUT2D eigenvalue weighted by Crippen LogP contribution is 2.30. The largest absolute Gasteiger partial charge is 0.464 e. The van der Waals surface area contributed by atoms with E-state index in [2.05, 4.69) is 0 Å². The van der Waals surface area contributed by atoms with Crippen molar-refractivity contribution in [1.29, 1.82) is 10.5 Å². The lowest BCUT2D eigenvalue weighted by molar-refractivity contribution is -0.130. The summed E-state index contributed by atoms with van der Waals surface area (Å²) in [5.41, 5.74) is 1.58. The van der Waals surface area contributed by atoms with E-state index in [0.717, 1.165) is 27.3 Å². The Morgan fingerprint density at radius 3 is 2.48 bits per heavy atom. The number of fused-ring (bicyclic) bond motifs is 3. The fraction of sp³-hybridized carbons (Fsp3) is 0.250. The zero-order valence-corrected chi connectivity index (χ0v) is 13.7. The van der Waals surface area contributed by atoms with Crippen molar-refractivity contribution in [2.24, 2.45) is 0 Å². The van der Waals surface area contributed by atoms with Crippen LogP contribution in [0.4, 0.5) is 0 Å². The second-order valence-electron chi connectivity index (χ2n) is 5.79. The van der Waals surface area contributed by atoms with E-state index in [0.29, 0.717) is 13.1 Å². The van der Waals surface area contributed by atoms with Gasteiger partial charge in [-0.05, 0) is 16.8 Å². The predicted octanol–water partition coefficient (Wildman–Crippen LogP) is 3.78. The summed E-state index contributed by atoms with van der Waals surface area (Å²) in [4.78, 5) is 14.2. The van der Waals surface area contributed by atoms with Crippen LogP contribution in [0.25, 0.3) is 21.7 Å². The number of nitrogens with zero attached hydrogens (tertiary/aromatic N) is 3. The molecule has 3 rings (SSSR count). The van der Waals surface area contributed by atoms with Crippen molar-refractivity contribution < 1.29 is 9.21 Å². The van der Waals surface area contributed by atoms with Gasteiger partial charge >= 0.3 is 0 Å². The summed E-state index contributed by atoms with van der Waals surface area (Å²) < 4.78 is 5.62. The van der Waals surface area contributed by atoms with E-state index >= 15 is 0 Å². The fourth-order valence-electron chi connectivity index (χ4n) is 3.01. The highest BCUT2D eigenvalue weighted by molar-refractivity contribution is 6.08. The standard InChI is InChI=1S/C20H17N3O2/c21-9-3-11-23(12-4-10-22)19(24)13-16-14-25-18-8-7-15-5-1-2-6-17(15)20(16)18/h1-2,5-8,14H,3-4,11-13H2. The van der Waals surface area contributed by atoms with Crippen LogP contribution in [0.1, 0.15) is 18.4 Å². The van der Waals surface area contributed by atoms with Crippen molar-refractivity contribution in [2.75, 3.05) is 13.1 Å². The number of nitriles is 2. The maximum absolute atomic E-state index is 12.7. The molecule has 0 N–H and O–H groups in total. The van der Waals surface area contributed by atoms with Gasteiger partial charge in [0, 0.05) is 24.0 Å². The van der Waals surface area contributed by atoms with Crippen LogP contribution in [-0.4, -0.2) is 23.9 Å². The lowest BCUT2D eigenvalue weighted by Gasteiger charge is -2.20. The molecule has 0 bridgehead atoms. The molecule has 0 aliphatic heterocycles. The molecule has 1 amide bonds. The molecule has 25 heavy (non-hydrogen) atoms. The van der Waals surface area contributed by atoms with Crippen LogP contribution in [-0.2, 0) is 11.2 Å². The molecule has 0 atom stereocenters. The number of carbonyl (C=O) groups is 1.